The molecule has 1 fully saturated rings. The summed E-state index contributed by atoms with van der Waals surface area (Å²) in [6.45, 7) is 3.21. The SMILES string of the molecule is CC(CC(=O)O)C1CCCN(C(=O)N(CCO)CCO)C1. The number of carbonyl (C=O) groups is 2. The highest BCUT2D eigenvalue weighted by molar-refractivity contribution is 5.74. The molecule has 7 heteroatoms. The van der Waals surface area contributed by atoms with Crippen LogP contribution in [0.3, 0.4) is 0 Å². The van der Waals surface area contributed by atoms with Gasteiger partial charge in [-0.05, 0) is 24.7 Å². The van der Waals surface area contributed by atoms with E-state index in [-0.39, 0.29) is 50.6 Å². The summed E-state index contributed by atoms with van der Waals surface area (Å²) in [5.74, 6) is -0.598. The van der Waals surface area contributed by atoms with Crippen LogP contribution in [0.25, 0.3) is 0 Å². The highest BCUT2D eigenvalue weighted by atomic mass is 16.4. The lowest BCUT2D eigenvalue weighted by Crippen LogP contribution is -2.50. The van der Waals surface area contributed by atoms with E-state index in [1.165, 1.54) is 4.90 Å². The number of urea groups is 1. The molecule has 0 aromatic rings. The van der Waals surface area contributed by atoms with Gasteiger partial charge in [0.25, 0.3) is 0 Å². The van der Waals surface area contributed by atoms with Crippen molar-refractivity contribution >= 4 is 12.0 Å². The summed E-state index contributed by atoms with van der Waals surface area (Å²) in [7, 11) is 0. The summed E-state index contributed by atoms with van der Waals surface area (Å²) >= 11 is 0. The normalized spacial score (nSPS) is 20.1. The van der Waals surface area contributed by atoms with Crippen molar-refractivity contribution in [2.24, 2.45) is 11.8 Å². The van der Waals surface area contributed by atoms with Crippen LogP contribution in [0.2, 0.25) is 0 Å². The van der Waals surface area contributed by atoms with Crippen LogP contribution in [0.4, 0.5) is 4.79 Å². The van der Waals surface area contributed by atoms with Gasteiger partial charge in [-0.3, -0.25) is 4.79 Å². The monoisotopic (exact) mass is 302 g/mol. The number of likely N-dealkylation sites (tertiary alicyclic amines) is 1. The molecule has 0 spiro atoms. The zero-order valence-corrected chi connectivity index (χ0v) is 12.6. The Labute approximate surface area is 125 Å². The molecule has 2 atom stereocenters. The number of aliphatic carboxylic acids is 1. The maximum Gasteiger partial charge on any atom is 0.320 e. The third-order valence-electron chi connectivity index (χ3n) is 4.04. The van der Waals surface area contributed by atoms with Gasteiger partial charge in [-0.1, -0.05) is 6.92 Å². The van der Waals surface area contributed by atoms with Crippen LogP contribution in [0.1, 0.15) is 26.2 Å². The number of carboxylic acid groups (broad SMARTS) is 1. The van der Waals surface area contributed by atoms with Crippen LogP contribution in [0.5, 0.6) is 0 Å². The highest BCUT2D eigenvalue weighted by Crippen LogP contribution is 2.26. The van der Waals surface area contributed by atoms with E-state index in [4.69, 9.17) is 15.3 Å². The molecule has 7 nitrogen and oxygen atoms in total. The van der Waals surface area contributed by atoms with Gasteiger partial charge in [-0.2, -0.15) is 0 Å². The average Bonchev–Trinajstić information content (AvgIpc) is 2.45. The van der Waals surface area contributed by atoms with Gasteiger partial charge < -0.3 is 25.1 Å². The standard InChI is InChI=1S/C14H26N2O5/c1-11(9-13(19)20)12-3-2-4-16(10-12)14(21)15(5-7-17)6-8-18/h11-12,17-18H,2-10H2,1H3,(H,19,20). The molecule has 0 radical (unpaired) electrons. The van der Waals surface area contributed by atoms with Crippen molar-refractivity contribution in [3.63, 3.8) is 0 Å². The second-order valence-corrected chi connectivity index (χ2v) is 5.64. The largest absolute Gasteiger partial charge is 0.481 e. The number of aliphatic hydroxyl groups excluding tert-OH is 2. The second kappa shape index (κ2) is 8.84. The summed E-state index contributed by atoms with van der Waals surface area (Å²) in [6, 6.07) is -0.190. The quantitative estimate of drug-likeness (QED) is 0.624. The lowest BCUT2D eigenvalue weighted by atomic mass is 9.85. The lowest BCUT2D eigenvalue weighted by Gasteiger charge is -2.38. The molecule has 0 aliphatic carbocycles. The van der Waals surface area contributed by atoms with Gasteiger partial charge in [-0.25, -0.2) is 4.79 Å². The maximum atomic E-state index is 12.4. The third kappa shape index (κ3) is 5.51. The van der Waals surface area contributed by atoms with Crippen molar-refractivity contribution in [3.8, 4) is 0 Å². The molecule has 1 rings (SSSR count). The molecule has 0 bridgehead atoms. The molecule has 0 aromatic carbocycles. The van der Waals surface area contributed by atoms with Crippen molar-refractivity contribution in [1.82, 2.24) is 9.80 Å². The fourth-order valence-electron chi connectivity index (χ4n) is 2.83. The average molecular weight is 302 g/mol. The first-order valence-electron chi connectivity index (χ1n) is 7.47. The zero-order valence-electron chi connectivity index (χ0n) is 12.6. The molecular formula is C14H26N2O5. The molecule has 0 saturated carbocycles. The van der Waals surface area contributed by atoms with E-state index in [0.717, 1.165) is 12.8 Å². The number of piperidine rings is 1. The minimum Gasteiger partial charge on any atom is -0.481 e. The molecule has 3 N–H and O–H groups in total. The third-order valence-corrected chi connectivity index (χ3v) is 4.04. The van der Waals surface area contributed by atoms with Gasteiger partial charge in [-0.15, -0.1) is 0 Å². The van der Waals surface area contributed by atoms with E-state index in [9.17, 15) is 9.59 Å². The smallest absolute Gasteiger partial charge is 0.320 e. The van der Waals surface area contributed by atoms with E-state index < -0.39 is 5.97 Å². The molecule has 1 aliphatic heterocycles. The summed E-state index contributed by atoms with van der Waals surface area (Å²) in [6.07, 6.45) is 1.90. The Kier molecular flexibility index (Phi) is 7.45. The number of rotatable bonds is 7. The van der Waals surface area contributed by atoms with Crippen LogP contribution in [-0.4, -0.2) is 76.5 Å². The molecule has 2 unspecified atom stereocenters. The van der Waals surface area contributed by atoms with Crippen LogP contribution >= 0.6 is 0 Å². The first-order valence-corrected chi connectivity index (χ1v) is 7.47. The number of carbonyl (C=O) groups excluding carboxylic acids is 1. The summed E-state index contributed by atoms with van der Waals surface area (Å²) in [4.78, 5) is 26.3. The van der Waals surface area contributed by atoms with Gasteiger partial charge in [0, 0.05) is 32.6 Å². The van der Waals surface area contributed by atoms with Crippen LogP contribution < -0.4 is 0 Å². The van der Waals surface area contributed by atoms with E-state index in [0.29, 0.717) is 13.1 Å². The van der Waals surface area contributed by atoms with Crippen molar-refractivity contribution < 1.29 is 24.9 Å². The Morgan fingerprint density at radius 3 is 2.43 bits per heavy atom. The molecule has 1 heterocycles. The Morgan fingerprint density at radius 1 is 1.29 bits per heavy atom. The Hall–Kier alpha value is -1.34. The number of nitrogens with zero attached hydrogens (tertiary/aromatic N) is 2. The van der Waals surface area contributed by atoms with E-state index in [1.54, 1.807) is 4.90 Å². The van der Waals surface area contributed by atoms with Crippen molar-refractivity contribution in [1.29, 1.82) is 0 Å². The first-order chi connectivity index (χ1) is 9.99. The predicted octanol–water partition coefficient (Wildman–Crippen LogP) is 0.216. The summed E-state index contributed by atoms with van der Waals surface area (Å²) in [5, 5.41) is 26.9. The molecule has 1 aliphatic rings. The highest BCUT2D eigenvalue weighted by Gasteiger charge is 2.30. The predicted molar refractivity (Wildman–Crippen MR) is 76.9 cm³/mol. The topological polar surface area (TPSA) is 101 Å². The Bertz CT molecular complexity index is 344. The molecule has 122 valence electrons. The number of carboxylic acids is 1. The molecule has 0 aromatic heterocycles. The van der Waals surface area contributed by atoms with Crippen molar-refractivity contribution in [2.45, 2.75) is 26.2 Å². The minimum atomic E-state index is -0.812. The zero-order chi connectivity index (χ0) is 15.8. The second-order valence-electron chi connectivity index (χ2n) is 5.64. The maximum absolute atomic E-state index is 12.4. The fraction of sp³-hybridized carbons (Fsp3) is 0.857. The van der Waals surface area contributed by atoms with Gasteiger partial charge in [0.15, 0.2) is 0 Å². The van der Waals surface area contributed by atoms with Crippen LogP contribution in [0.15, 0.2) is 0 Å². The van der Waals surface area contributed by atoms with E-state index in [1.807, 2.05) is 6.92 Å². The fourth-order valence-corrected chi connectivity index (χ4v) is 2.83. The van der Waals surface area contributed by atoms with Gasteiger partial charge in [0.1, 0.15) is 0 Å². The van der Waals surface area contributed by atoms with E-state index >= 15 is 0 Å². The number of hydrogen-bond acceptors (Lipinski definition) is 4. The number of aliphatic hydroxyl groups is 2. The number of hydrogen-bond donors (Lipinski definition) is 3. The van der Waals surface area contributed by atoms with Gasteiger partial charge in [0.2, 0.25) is 0 Å². The van der Waals surface area contributed by atoms with E-state index in [2.05, 4.69) is 0 Å². The first kappa shape index (κ1) is 17.7. The lowest BCUT2D eigenvalue weighted by molar-refractivity contribution is -0.138. The molecular weight excluding hydrogens is 276 g/mol. The molecule has 21 heavy (non-hydrogen) atoms. The van der Waals surface area contributed by atoms with Gasteiger partial charge >= 0.3 is 12.0 Å². The summed E-state index contributed by atoms with van der Waals surface area (Å²) < 4.78 is 0. The van der Waals surface area contributed by atoms with Crippen LogP contribution in [-0.2, 0) is 4.79 Å². The number of amides is 2. The summed E-state index contributed by atoms with van der Waals surface area (Å²) in [5.41, 5.74) is 0. The molecule has 1 saturated heterocycles. The Balaban J connectivity index is 2.61. The molecule has 2 amide bonds. The van der Waals surface area contributed by atoms with Crippen LogP contribution in [0, 0.1) is 11.8 Å². The Morgan fingerprint density at radius 2 is 1.90 bits per heavy atom. The van der Waals surface area contributed by atoms with Crippen molar-refractivity contribution in [2.75, 3.05) is 39.4 Å². The van der Waals surface area contributed by atoms with Crippen molar-refractivity contribution in [3.05, 3.63) is 0 Å². The minimum absolute atomic E-state index is 0.0298. The van der Waals surface area contributed by atoms with Gasteiger partial charge in [0.05, 0.1) is 13.2 Å².